The van der Waals surface area contributed by atoms with Gasteiger partial charge in [-0.3, -0.25) is 10.1 Å². The van der Waals surface area contributed by atoms with Gasteiger partial charge in [0.1, 0.15) is 22.2 Å². The predicted octanol–water partition coefficient (Wildman–Crippen LogP) is 3.62. The van der Waals surface area contributed by atoms with Crippen LogP contribution < -0.4 is 15.8 Å². The van der Waals surface area contributed by atoms with Gasteiger partial charge in [-0.1, -0.05) is 0 Å². The molecule has 0 aliphatic heterocycles. The first kappa shape index (κ1) is 19.8. The van der Waals surface area contributed by atoms with E-state index in [9.17, 15) is 17.6 Å². The molecule has 0 saturated heterocycles. The van der Waals surface area contributed by atoms with Crippen molar-refractivity contribution in [2.75, 3.05) is 17.3 Å². The molecule has 1 heterocycles. The predicted molar refractivity (Wildman–Crippen MR) is 105 cm³/mol. The van der Waals surface area contributed by atoms with Crippen molar-refractivity contribution < 1.29 is 22.3 Å². The molecule has 7 nitrogen and oxygen atoms in total. The second kappa shape index (κ2) is 7.56. The number of carbonyl (C=O) groups excluding carboxylic acids is 1. The normalized spacial score (nSPS) is 11.2. The summed E-state index contributed by atoms with van der Waals surface area (Å²) in [6.45, 7) is 1.80. The van der Waals surface area contributed by atoms with Crippen LogP contribution in [0.5, 0.6) is 11.5 Å². The van der Waals surface area contributed by atoms with Crippen LogP contribution in [-0.4, -0.2) is 25.6 Å². The second-order valence-corrected chi connectivity index (χ2v) is 8.80. The Morgan fingerprint density at radius 3 is 2.64 bits per heavy atom. The Hall–Kier alpha value is -2.98. The number of sulfone groups is 1. The summed E-state index contributed by atoms with van der Waals surface area (Å²) in [6.07, 6.45) is 0.951. The summed E-state index contributed by atoms with van der Waals surface area (Å²) in [5.74, 6) is -1.08. The van der Waals surface area contributed by atoms with Gasteiger partial charge in [0.2, 0.25) is 0 Å². The molecule has 10 heteroatoms. The number of carbonyl (C=O) groups is 1. The lowest BCUT2D eigenvalue weighted by Gasteiger charge is -2.12. The van der Waals surface area contributed by atoms with Gasteiger partial charge in [-0.15, -0.1) is 11.3 Å². The van der Waals surface area contributed by atoms with E-state index in [0.29, 0.717) is 5.13 Å². The van der Waals surface area contributed by atoms with Gasteiger partial charge in [0.05, 0.1) is 11.3 Å². The largest absolute Gasteiger partial charge is 0.456 e. The molecule has 0 spiro atoms. The van der Waals surface area contributed by atoms with E-state index in [-0.39, 0.29) is 27.6 Å². The standard InChI is InChI=1S/C18H16FN3O4S2/c1-10-9-27-18(21-10)22-17(23)13-8-12(4-5-14(13)20)26-15-6-3-11(19)7-16(15)28(2,24)25/h3-9H,20H2,1-2H3,(H,21,22,23). The summed E-state index contributed by atoms with van der Waals surface area (Å²) in [7, 11) is -3.72. The van der Waals surface area contributed by atoms with E-state index >= 15 is 0 Å². The zero-order valence-corrected chi connectivity index (χ0v) is 16.5. The molecule has 0 atom stereocenters. The summed E-state index contributed by atoms with van der Waals surface area (Å²) in [5.41, 5.74) is 7.00. The smallest absolute Gasteiger partial charge is 0.259 e. The highest BCUT2D eigenvalue weighted by Gasteiger charge is 2.18. The second-order valence-electron chi connectivity index (χ2n) is 5.96. The maximum Gasteiger partial charge on any atom is 0.259 e. The van der Waals surface area contributed by atoms with Crippen molar-refractivity contribution in [3.63, 3.8) is 0 Å². The first-order chi connectivity index (χ1) is 13.1. The van der Waals surface area contributed by atoms with Crippen molar-refractivity contribution >= 4 is 37.9 Å². The summed E-state index contributed by atoms with van der Waals surface area (Å²) < 4.78 is 42.8. The van der Waals surface area contributed by atoms with E-state index in [1.807, 2.05) is 0 Å². The molecule has 1 aromatic heterocycles. The number of nitrogens with one attached hydrogen (secondary N) is 1. The summed E-state index contributed by atoms with van der Waals surface area (Å²) in [5, 5.41) is 4.86. The quantitative estimate of drug-likeness (QED) is 0.609. The van der Waals surface area contributed by atoms with E-state index in [4.69, 9.17) is 10.5 Å². The number of thiazole rings is 1. The van der Waals surface area contributed by atoms with Gasteiger partial charge < -0.3 is 10.5 Å². The number of benzene rings is 2. The number of hydrogen-bond acceptors (Lipinski definition) is 7. The Morgan fingerprint density at radius 1 is 1.25 bits per heavy atom. The lowest BCUT2D eigenvalue weighted by atomic mass is 10.1. The summed E-state index contributed by atoms with van der Waals surface area (Å²) in [4.78, 5) is 16.4. The number of rotatable bonds is 5. The molecule has 3 rings (SSSR count). The number of nitrogens with zero attached hydrogens (tertiary/aromatic N) is 1. The fourth-order valence-electron chi connectivity index (χ4n) is 2.35. The molecule has 0 unspecified atom stereocenters. The fraction of sp³-hybridized carbons (Fsp3) is 0.111. The first-order valence-corrected chi connectivity index (χ1v) is 10.7. The SMILES string of the molecule is Cc1csc(NC(=O)c2cc(Oc3ccc(F)cc3S(C)(=O)=O)ccc2N)n1. The van der Waals surface area contributed by atoms with Crippen LogP contribution in [0.4, 0.5) is 15.2 Å². The minimum atomic E-state index is -3.72. The summed E-state index contributed by atoms with van der Waals surface area (Å²) >= 11 is 1.27. The van der Waals surface area contributed by atoms with Crippen LogP contribution in [0.15, 0.2) is 46.7 Å². The van der Waals surface area contributed by atoms with E-state index in [0.717, 1.165) is 24.1 Å². The molecule has 1 amide bonds. The van der Waals surface area contributed by atoms with Crippen molar-refractivity contribution in [2.45, 2.75) is 11.8 Å². The van der Waals surface area contributed by atoms with Crippen molar-refractivity contribution in [2.24, 2.45) is 0 Å². The van der Waals surface area contributed by atoms with Gasteiger partial charge in [-0.2, -0.15) is 0 Å². The monoisotopic (exact) mass is 421 g/mol. The average Bonchev–Trinajstić information content (AvgIpc) is 3.02. The van der Waals surface area contributed by atoms with Gasteiger partial charge in [0.25, 0.3) is 5.91 Å². The summed E-state index contributed by atoms with van der Waals surface area (Å²) in [6, 6.07) is 7.48. The zero-order valence-electron chi connectivity index (χ0n) is 14.9. The van der Waals surface area contributed by atoms with E-state index in [1.165, 1.54) is 35.6 Å². The maximum atomic E-state index is 13.5. The highest BCUT2D eigenvalue weighted by Crippen LogP contribution is 2.31. The third-order valence-corrected chi connectivity index (χ3v) is 5.64. The lowest BCUT2D eigenvalue weighted by molar-refractivity contribution is 0.102. The van der Waals surface area contributed by atoms with Crippen molar-refractivity contribution in [1.82, 2.24) is 4.98 Å². The molecule has 0 aliphatic rings. The molecule has 3 aromatic rings. The van der Waals surface area contributed by atoms with Crippen LogP contribution in [-0.2, 0) is 9.84 Å². The van der Waals surface area contributed by atoms with E-state index in [2.05, 4.69) is 10.3 Å². The molecule has 0 radical (unpaired) electrons. The molecule has 0 saturated carbocycles. The number of hydrogen-bond donors (Lipinski definition) is 2. The topological polar surface area (TPSA) is 111 Å². The van der Waals surface area contributed by atoms with Gasteiger partial charge in [-0.05, 0) is 43.3 Å². The Balaban J connectivity index is 1.91. The van der Waals surface area contributed by atoms with Crippen LogP contribution in [0.3, 0.4) is 0 Å². The van der Waals surface area contributed by atoms with Crippen LogP contribution in [0.2, 0.25) is 0 Å². The Labute approximate surface area is 164 Å². The van der Waals surface area contributed by atoms with Crippen molar-refractivity contribution in [3.8, 4) is 11.5 Å². The number of amides is 1. The molecular weight excluding hydrogens is 405 g/mol. The highest BCUT2D eigenvalue weighted by molar-refractivity contribution is 7.90. The Bertz CT molecular complexity index is 1160. The van der Waals surface area contributed by atoms with Crippen LogP contribution in [0.1, 0.15) is 16.1 Å². The third-order valence-electron chi connectivity index (χ3n) is 3.64. The number of aryl methyl sites for hydroxylation is 1. The van der Waals surface area contributed by atoms with Crippen molar-refractivity contribution in [1.29, 1.82) is 0 Å². The van der Waals surface area contributed by atoms with Gasteiger partial charge in [-0.25, -0.2) is 17.8 Å². The molecule has 3 N–H and O–H groups in total. The van der Waals surface area contributed by atoms with Gasteiger partial charge in [0.15, 0.2) is 15.0 Å². The highest BCUT2D eigenvalue weighted by atomic mass is 32.2. The van der Waals surface area contributed by atoms with Gasteiger partial charge >= 0.3 is 0 Å². The Morgan fingerprint density at radius 2 is 2.00 bits per heavy atom. The average molecular weight is 421 g/mol. The number of nitrogen functional groups attached to an aromatic ring is 1. The zero-order chi connectivity index (χ0) is 20.5. The number of anilines is 2. The molecule has 146 valence electrons. The van der Waals surface area contributed by atoms with Crippen LogP contribution in [0.25, 0.3) is 0 Å². The van der Waals surface area contributed by atoms with E-state index in [1.54, 1.807) is 12.3 Å². The first-order valence-electron chi connectivity index (χ1n) is 7.94. The number of ether oxygens (including phenoxy) is 1. The number of halogens is 1. The van der Waals surface area contributed by atoms with E-state index < -0.39 is 21.6 Å². The molecule has 28 heavy (non-hydrogen) atoms. The minimum Gasteiger partial charge on any atom is -0.456 e. The third kappa shape index (κ3) is 4.46. The van der Waals surface area contributed by atoms with Crippen molar-refractivity contribution in [3.05, 3.63) is 58.9 Å². The van der Waals surface area contributed by atoms with Crippen LogP contribution in [0, 0.1) is 12.7 Å². The Kier molecular flexibility index (Phi) is 5.34. The fourth-order valence-corrected chi connectivity index (χ4v) is 3.84. The number of nitrogens with two attached hydrogens (primary N) is 1. The van der Waals surface area contributed by atoms with Crippen LogP contribution >= 0.6 is 11.3 Å². The molecule has 0 fully saturated rings. The molecule has 0 bridgehead atoms. The molecule has 2 aromatic carbocycles. The maximum absolute atomic E-state index is 13.5. The number of aromatic nitrogens is 1. The minimum absolute atomic E-state index is 0.0597. The lowest BCUT2D eigenvalue weighted by Crippen LogP contribution is -2.14. The molecular formula is C18H16FN3O4S2. The van der Waals surface area contributed by atoms with Gasteiger partial charge in [0, 0.05) is 17.3 Å². The molecule has 0 aliphatic carbocycles.